The Morgan fingerprint density at radius 2 is 1.81 bits per heavy atom. The molecule has 3 rings (SSSR count). The average molecular weight is 405 g/mol. The Hall–Kier alpha value is -2.77. The maximum absolute atomic E-state index is 12.2. The van der Waals surface area contributed by atoms with E-state index in [0.717, 1.165) is 15.8 Å². The molecule has 0 bridgehead atoms. The summed E-state index contributed by atoms with van der Waals surface area (Å²) in [5.74, 6) is 1.23. The number of carbonyl (C=O) groups is 1. The molecule has 6 nitrogen and oxygen atoms in total. The molecule has 0 aliphatic heterocycles. The third-order valence-corrected chi connectivity index (χ3v) is 4.86. The highest BCUT2D eigenvalue weighted by Crippen LogP contribution is 2.38. The van der Waals surface area contributed by atoms with E-state index >= 15 is 0 Å². The van der Waals surface area contributed by atoms with E-state index in [-0.39, 0.29) is 5.91 Å². The number of hydrogen-bond donors (Lipinski definition) is 1. The Morgan fingerprint density at radius 1 is 1.11 bits per heavy atom. The SMILES string of the molecule is COc1cc(/C=C/C(=O)Nc2nc3ccc(Cl)cc3s2)cc(OC)c1OC. The molecule has 27 heavy (non-hydrogen) atoms. The molecule has 1 N–H and O–H groups in total. The van der Waals surface area contributed by atoms with Crippen LogP contribution in [0, 0.1) is 0 Å². The average Bonchev–Trinajstić information content (AvgIpc) is 3.06. The molecule has 2 aromatic carbocycles. The standard InChI is InChI=1S/C19H17ClN2O4S/c1-24-14-8-11(9-15(25-2)18(14)26-3)4-7-17(23)22-19-21-13-6-5-12(20)10-16(13)27-19/h4-10H,1-3H3,(H,21,22,23)/b7-4+. The lowest BCUT2D eigenvalue weighted by Gasteiger charge is -2.12. The number of halogens is 1. The van der Waals surface area contributed by atoms with Crippen molar-refractivity contribution in [1.29, 1.82) is 0 Å². The Morgan fingerprint density at radius 3 is 2.44 bits per heavy atom. The molecule has 140 valence electrons. The molecular formula is C19H17ClN2O4S. The van der Waals surface area contributed by atoms with Crippen LogP contribution in [0.4, 0.5) is 5.13 Å². The first kappa shape index (κ1) is 19.0. The fraction of sp³-hybridized carbons (Fsp3) is 0.158. The quantitative estimate of drug-likeness (QED) is 0.606. The number of hydrogen-bond acceptors (Lipinski definition) is 6. The molecule has 8 heteroatoms. The highest BCUT2D eigenvalue weighted by molar-refractivity contribution is 7.22. The van der Waals surface area contributed by atoms with Crippen molar-refractivity contribution in [3.63, 3.8) is 0 Å². The first-order chi connectivity index (χ1) is 13.0. The van der Waals surface area contributed by atoms with Crippen LogP contribution in [0.1, 0.15) is 5.56 Å². The summed E-state index contributed by atoms with van der Waals surface area (Å²) in [5, 5.41) is 3.89. The Kier molecular flexibility index (Phi) is 5.83. The summed E-state index contributed by atoms with van der Waals surface area (Å²) in [7, 11) is 4.61. The van der Waals surface area contributed by atoms with Crippen LogP contribution in [0.15, 0.2) is 36.4 Å². The molecule has 0 fully saturated rings. The topological polar surface area (TPSA) is 69.7 Å². The Balaban J connectivity index is 1.77. The van der Waals surface area contributed by atoms with E-state index in [2.05, 4.69) is 10.3 Å². The zero-order valence-corrected chi connectivity index (χ0v) is 16.5. The monoisotopic (exact) mass is 404 g/mol. The summed E-state index contributed by atoms with van der Waals surface area (Å²) in [6.45, 7) is 0. The van der Waals surface area contributed by atoms with E-state index in [4.69, 9.17) is 25.8 Å². The summed E-state index contributed by atoms with van der Waals surface area (Å²) >= 11 is 7.33. The third-order valence-electron chi connectivity index (χ3n) is 3.69. The summed E-state index contributed by atoms with van der Waals surface area (Å²) in [4.78, 5) is 16.6. The van der Waals surface area contributed by atoms with Crippen LogP contribution >= 0.6 is 22.9 Å². The van der Waals surface area contributed by atoms with Crippen molar-refractivity contribution in [2.45, 2.75) is 0 Å². The van der Waals surface area contributed by atoms with Crippen LogP contribution in [0.5, 0.6) is 17.2 Å². The van der Waals surface area contributed by atoms with E-state index < -0.39 is 0 Å². The van der Waals surface area contributed by atoms with Crippen molar-refractivity contribution in [3.05, 3.63) is 47.0 Å². The first-order valence-electron chi connectivity index (χ1n) is 7.89. The predicted octanol–water partition coefficient (Wildman–Crippen LogP) is 4.63. The number of carbonyl (C=O) groups excluding carboxylic acids is 1. The van der Waals surface area contributed by atoms with Gasteiger partial charge in [-0.3, -0.25) is 10.1 Å². The van der Waals surface area contributed by atoms with Crippen LogP contribution < -0.4 is 19.5 Å². The second-order valence-corrected chi connectivity index (χ2v) is 6.88. The van der Waals surface area contributed by atoms with Crippen molar-refractivity contribution in [1.82, 2.24) is 4.98 Å². The van der Waals surface area contributed by atoms with Gasteiger partial charge in [-0.1, -0.05) is 22.9 Å². The fourth-order valence-electron chi connectivity index (χ4n) is 2.47. The van der Waals surface area contributed by atoms with Gasteiger partial charge in [0.1, 0.15) is 0 Å². The summed E-state index contributed by atoms with van der Waals surface area (Å²) in [5.41, 5.74) is 1.52. The molecule has 0 radical (unpaired) electrons. The highest BCUT2D eigenvalue weighted by atomic mass is 35.5. The van der Waals surface area contributed by atoms with Gasteiger partial charge in [0.2, 0.25) is 11.7 Å². The molecule has 1 heterocycles. The second kappa shape index (κ2) is 8.28. The number of nitrogens with one attached hydrogen (secondary N) is 1. The van der Waals surface area contributed by atoms with Gasteiger partial charge in [-0.05, 0) is 42.0 Å². The minimum absolute atomic E-state index is 0.297. The molecule has 3 aromatic rings. The number of fused-ring (bicyclic) bond motifs is 1. The van der Waals surface area contributed by atoms with E-state index in [0.29, 0.717) is 27.4 Å². The molecule has 0 saturated heterocycles. The lowest BCUT2D eigenvalue weighted by molar-refractivity contribution is -0.111. The lowest BCUT2D eigenvalue weighted by atomic mass is 10.1. The zero-order chi connectivity index (χ0) is 19.4. The smallest absolute Gasteiger partial charge is 0.250 e. The Bertz CT molecular complexity index is 991. The molecule has 1 amide bonds. The van der Waals surface area contributed by atoms with E-state index in [9.17, 15) is 4.79 Å². The number of aromatic nitrogens is 1. The van der Waals surface area contributed by atoms with Crippen LogP contribution in [-0.4, -0.2) is 32.2 Å². The van der Waals surface area contributed by atoms with Gasteiger partial charge in [-0.2, -0.15) is 0 Å². The van der Waals surface area contributed by atoms with Crippen molar-refractivity contribution >= 4 is 50.3 Å². The summed E-state index contributed by atoms with van der Waals surface area (Å²) < 4.78 is 16.8. The molecule has 1 aromatic heterocycles. The van der Waals surface area contributed by atoms with E-state index in [1.807, 2.05) is 12.1 Å². The van der Waals surface area contributed by atoms with Crippen molar-refractivity contribution in [2.75, 3.05) is 26.6 Å². The number of amides is 1. The van der Waals surface area contributed by atoms with E-state index in [1.165, 1.54) is 38.7 Å². The van der Waals surface area contributed by atoms with Gasteiger partial charge in [0, 0.05) is 11.1 Å². The number of nitrogens with zero attached hydrogens (tertiary/aromatic N) is 1. The maximum atomic E-state index is 12.2. The second-order valence-electron chi connectivity index (χ2n) is 5.41. The van der Waals surface area contributed by atoms with Gasteiger partial charge < -0.3 is 14.2 Å². The highest BCUT2D eigenvalue weighted by Gasteiger charge is 2.12. The molecule has 0 atom stereocenters. The minimum Gasteiger partial charge on any atom is -0.493 e. The zero-order valence-electron chi connectivity index (χ0n) is 14.9. The van der Waals surface area contributed by atoms with Crippen LogP contribution in [0.25, 0.3) is 16.3 Å². The fourth-order valence-corrected chi connectivity index (χ4v) is 3.61. The molecule has 0 unspecified atom stereocenters. The number of thiazole rings is 1. The molecule has 0 saturated carbocycles. The van der Waals surface area contributed by atoms with Gasteiger partial charge in [0.25, 0.3) is 0 Å². The predicted molar refractivity (Wildman–Crippen MR) is 108 cm³/mol. The third kappa shape index (κ3) is 4.32. The van der Waals surface area contributed by atoms with Crippen LogP contribution in [0.2, 0.25) is 5.02 Å². The van der Waals surface area contributed by atoms with Gasteiger partial charge in [-0.15, -0.1) is 0 Å². The minimum atomic E-state index is -0.297. The maximum Gasteiger partial charge on any atom is 0.250 e. The normalized spacial score (nSPS) is 11.0. The van der Waals surface area contributed by atoms with Crippen molar-refractivity contribution in [3.8, 4) is 17.2 Å². The molecule has 0 aliphatic rings. The van der Waals surface area contributed by atoms with Crippen LogP contribution in [0.3, 0.4) is 0 Å². The van der Waals surface area contributed by atoms with Gasteiger partial charge in [-0.25, -0.2) is 4.98 Å². The van der Waals surface area contributed by atoms with Crippen molar-refractivity contribution in [2.24, 2.45) is 0 Å². The van der Waals surface area contributed by atoms with Gasteiger partial charge >= 0.3 is 0 Å². The number of methoxy groups -OCH3 is 3. The summed E-state index contributed by atoms with van der Waals surface area (Å²) in [6, 6.07) is 8.90. The van der Waals surface area contributed by atoms with Gasteiger partial charge in [0.15, 0.2) is 16.6 Å². The largest absolute Gasteiger partial charge is 0.493 e. The number of rotatable bonds is 6. The molecule has 0 aliphatic carbocycles. The van der Waals surface area contributed by atoms with Gasteiger partial charge in [0.05, 0.1) is 31.5 Å². The lowest BCUT2D eigenvalue weighted by Crippen LogP contribution is -2.07. The molecular weight excluding hydrogens is 388 g/mol. The Labute approximate surface area is 165 Å². The molecule has 0 spiro atoms. The van der Waals surface area contributed by atoms with Crippen molar-refractivity contribution < 1.29 is 19.0 Å². The first-order valence-corrected chi connectivity index (χ1v) is 9.08. The summed E-state index contributed by atoms with van der Waals surface area (Å²) in [6.07, 6.45) is 3.07. The van der Waals surface area contributed by atoms with E-state index in [1.54, 1.807) is 24.3 Å². The number of ether oxygens (including phenoxy) is 3. The van der Waals surface area contributed by atoms with Crippen LogP contribution in [-0.2, 0) is 4.79 Å². The number of benzene rings is 2. The number of anilines is 1.